The Balaban J connectivity index is 1.98. The van der Waals surface area contributed by atoms with E-state index in [1.807, 2.05) is 0 Å². The lowest BCUT2D eigenvalue weighted by Crippen LogP contribution is -2.54. The van der Waals surface area contributed by atoms with Crippen LogP contribution in [0.4, 0.5) is 18.0 Å². The molecule has 1 saturated heterocycles. The van der Waals surface area contributed by atoms with E-state index in [2.05, 4.69) is 10.6 Å². The zero-order valence-corrected chi connectivity index (χ0v) is 12.6. The minimum absolute atomic E-state index is 0.0440. The van der Waals surface area contributed by atoms with Crippen LogP contribution in [0, 0.1) is 0 Å². The van der Waals surface area contributed by atoms with Gasteiger partial charge in [-0.1, -0.05) is 18.2 Å². The molecule has 1 aliphatic heterocycles. The fraction of sp³-hybridized carbons (Fsp3) is 0.467. The van der Waals surface area contributed by atoms with Gasteiger partial charge >= 0.3 is 12.2 Å². The maximum Gasteiger partial charge on any atom is 0.416 e. The number of benzene rings is 1. The van der Waals surface area contributed by atoms with Gasteiger partial charge in [-0.25, -0.2) is 4.79 Å². The Labute approximate surface area is 131 Å². The molecule has 0 spiro atoms. The Morgan fingerprint density at radius 2 is 2.09 bits per heavy atom. The first kappa shape index (κ1) is 17.1. The highest BCUT2D eigenvalue weighted by Gasteiger charge is 2.33. The summed E-state index contributed by atoms with van der Waals surface area (Å²) in [6.07, 6.45) is -4.37. The molecule has 8 heteroatoms. The highest BCUT2D eigenvalue weighted by molar-refractivity contribution is 5.85. The molecule has 0 aliphatic carbocycles. The number of carbonyl (C=O) groups is 2. The van der Waals surface area contributed by atoms with Crippen LogP contribution in [-0.4, -0.2) is 42.5 Å². The van der Waals surface area contributed by atoms with E-state index < -0.39 is 23.8 Å². The van der Waals surface area contributed by atoms with Gasteiger partial charge < -0.3 is 15.5 Å². The predicted octanol–water partition coefficient (Wildman–Crippen LogP) is 1.78. The molecule has 2 rings (SSSR count). The second kappa shape index (κ2) is 6.89. The minimum Gasteiger partial charge on any atom is -0.353 e. The summed E-state index contributed by atoms with van der Waals surface area (Å²) in [7, 11) is 0. The van der Waals surface area contributed by atoms with E-state index in [1.54, 1.807) is 6.92 Å². The van der Waals surface area contributed by atoms with Gasteiger partial charge in [0.05, 0.1) is 5.56 Å². The second-order valence-corrected chi connectivity index (χ2v) is 5.48. The Morgan fingerprint density at radius 3 is 2.74 bits per heavy atom. The summed E-state index contributed by atoms with van der Waals surface area (Å²) in [5.41, 5.74) is -0.567. The molecular formula is C15H18F3N3O2. The SMILES string of the molecule is C[C@@H](Cc1ccccc1C(F)(F)F)NC(=O)N1CCNC(=O)C1. The van der Waals surface area contributed by atoms with E-state index in [0.29, 0.717) is 13.1 Å². The van der Waals surface area contributed by atoms with Crippen molar-refractivity contribution in [3.8, 4) is 0 Å². The average molecular weight is 329 g/mol. The zero-order chi connectivity index (χ0) is 17.0. The molecule has 23 heavy (non-hydrogen) atoms. The van der Waals surface area contributed by atoms with E-state index in [9.17, 15) is 22.8 Å². The molecule has 1 fully saturated rings. The number of urea groups is 1. The number of amides is 3. The molecule has 2 N–H and O–H groups in total. The Kier molecular flexibility index (Phi) is 5.12. The summed E-state index contributed by atoms with van der Waals surface area (Å²) < 4.78 is 38.9. The molecule has 1 heterocycles. The fourth-order valence-corrected chi connectivity index (χ4v) is 2.47. The molecule has 3 amide bonds. The van der Waals surface area contributed by atoms with Gasteiger partial charge in [0, 0.05) is 19.1 Å². The average Bonchev–Trinajstić information content (AvgIpc) is 2.46. The molecule has 0 aromatic heterocycles. The lowest BCUT2D eigenvalue weighted by Gasteiger charge is -2.28. The molecule has 0 unspecified atom stereocenters. The predicted molar refractivity (Wildman–Crippen MR) is 77.7 cm³/mol. The highest BCUT2D eigenvalue weighted by atomic mass is 19.4. The summed E-state index contributed by atoms with van der Waals surface area (Å²) in [5.74, 6) is -0.249. The number of alkyl halides is 3. The number of nitrogens with one attached hydrogen (secondary N) is 2. The van der Waals surface area contributed by atoms with Crippen LogP contribution in [0.5, 0.6) is 0 Å². The molecule has 1 aliphatic rings. The van der Waals surface area contributed by atoms with Crippen molar-refractivity contribution in [3.05, 3.63) is 35.4 Å². The van der Waals surface area contributed by atoms with Crippen molar-refractivity contribution in [3.63, 3.8) is 0 Å². The number of rotatable bonds is 3. The summed E-state index contributed by atoms with van der Waals surface area (Å²) >= 11 is 0. The standard InChI is InChI=1S/C15H18F3N3O2/c1-10(20-14(23)21-7-6-19-13(22)9-21)8-11-4-2-3-5-12(11)15(16,17)18/h2-5,10H,6-9H2,1H3,(H,19,22)(H,20,23)/t10-/m0/s1. The fourth-order valence-electron chi connectivity index (χ4n) is 2.47. The van der Waals surface area contributed by atoms with Crippen molar-refractivity contribution in [2.45, 2.75) is 25.6 Å². The maximum atomic E-state index is 13.0. The second-order valence-electron chi connectivity index (χ2n) is 5.48. The molecule has 1 aromatic rings. The summed E-state index contributed by atoms with van der Waals surface area (Å²) in [5, 5.41) is 5.24. The summed E-state index contributed by atoms with van der Waals surface area (Å²) in [6, 6.07) is 4.36. The Morgan fingerprint density at radius 1 is 1.39 bits per heavy atom. The van der Waals surface area contributed by atoms with Crippen molar-refractivity contribution in [1.29, 1.82) is 0 Å². The van der Waals surface area contributed by atoms with Crippen LogP contribution in [-0.2, 0) is 17.4 Å². The number of nitrogens with zero attached hydrogens (tertiary/aromatic N) is 1. The first-order valence-electron chi connectivity index (χ1n) is 7.24. The van der Waals surface area contributed by atoms with Crippen LogP contribution >= 0.6 is 0 Å². The van der Waals surface area contributed by atoms with E-state index in [4.69, 9.17) is 0 Å². The lowest BCUT2D eigenvalue weighted by atomic mass is 10.0. The molecule has 0 radical (unpaired) electrons. The molecule has 5 nitrogen and oxygen atoms in total. The third-order valence-electron chi connectivity index (χ3n) is 3.54. The molecule has 126 valence electrons. The van der Waals surface area contributed by atoms with Gasteiger partial charge in [0.1, 0.15) is 6.54 Å². The molecule has 0 bridgehead atoms. The van der Waals surface area contributed by atoms with E-state index in [0.717, 1.165) is 6.07 Å². The van der Waals surface area contributed by atoms with Gasteiger partial charge in [-0.2, -0.15) is 13.2 Å². The lowest BCUT2D eigenvalue weighted by molar-refractivity contribution is -0.138. The third-order valence-corrected chi connectivity index (χ3v) is 3.54. The number of piperazine rings is 1. The quantitative estimate of drug-likeness (QED) is 0.888. The molecule has 1 atom stereocenters. The van der Waals surface area contributed by atoms with Gasteiger partial charge in [0.2, 0.25) is 5.91 Å². The van der Waals surface area contributed by atoms with Crippen molar-refractivity contribution in [2.75, 3.05) is 19.6 Å². The van der Waals surface area contributed by atoms with Crippen molar-refractivity contribution in [1.82, 2.24) is 15.5 Å². The Hall–Kier alpha value is -2.25. The van der Waals surface area contributed by atoms with Crippen molar-refractivity contribution >= 4 is 11.9 Å². The smallest absolute Gasteiger partial charge is 0.353 e. The molecule has 0 saturated carbocycles. The van der Waals surface area contributed by atoms with Gasteiger partial charge in [-0.05, 0) is 25.0 Å². The third kappa shape index (κ3) is 4.61. The van der Waals surface area contributed by atoms with E-state index in [-0.39, 0.29) is 24.4 Å². The first-order chi connectivity index (χ1) is 10.8. The number of hydrogen-bond acceptors (Lipinski definition) is 2. The largest absolute Gasteiger partial charge is 0.416 e. The van der Waals surface area contributed by atoms with Crippen LogP contribution in [0.3, 0.4) is 0 Å². The number of hydrogen-bond donors (Lipinski definition) is 2. The van der Waals surface area contributed by atoms with Crippen molar-refractivity contribution < 1.29 is 22.8 Å². The summed E-state index contributed by atoms with van der Waals surface area (Å²) in [4.78, 5) is 24.6. The monoisotopic (exact) mass is 329 g/mol. The number of halogens is 3. The molecular weight excluding hydrogens is 311 g/mol. The van der Waals surface area contributed by atoms with Crippen LogP contribution in [0.2, 0.25) is 0 Å². The zero-order valence-electron chi connectivity index (χ0n) is 12.6. The van der Waals surface area contributed by atoms with Crippen LogP contribution in [0.1, 0.15) is 18.1 Å². The summed E-state index contributed by atoms with van der Waals surface area (Å²) in [6.45, 7) is 2.34. The number of carbonyl (C=O) groups excluding carboxylic acids is 2. The normalized spacial score (nSPS) is 16.7. The van der Waals surface area contributed by atoms with Crippen molar-refractivity contribution in [2.24, 2.45) is 0 Å². The first-order valence-corrected chi connectivity index (χ1v) is 7.24. The maximum absolute atomic E-state index is 13.0. The van der Waals surface area contributed by atoms with E-state index in [1.165, 1.54) is 23.1 Å². The molecule has 1 aromatic carbocycles. The van der Waals surface area contributed by atoms with Gasteiger partial charge in [-0.3, -0.25) is 4.79 Å². The van der Waals surface area contributed by atoms with Crippen LogP contribution < -0.4 is 10.6 Å². The Bertz CT molecular complexity index is 590. The van der Waals surface area contributed by atoms with Gasteiger partial charge in [0.15, 0.2) is 0 Å². The van der Waals surface area contributed by atoms with Crippen LogP contribution in [0.25, 0.3) is 0 Å². The topological polar surface area (TPSA) is 61.4 Å². The van der Waals surface area contributed by atoms with Gasteiger partial charge in [0.25, 0.3) is 0 Å². The van der Waals surface area contributed by atoms with Gasteiger partial charge in [-0.15, -0.1) is 0 Å². The highest BCUT2D eigenvalue weighted by Crippen LogP contribution is 2.32. The minimum atomic E-state index is -4.43. The van der Waals surface area contributed by atoms with Crippen LogP contribution in [0.15, 0.2) is 24.3 Å². The van der Waals surface area contributed by atoms with E-state index >= 15 is 0 Å².